The molecule has 2 aromatic rings. The highest BCUT2D eigenvalue weighted by molar-refractivity contribution is 7.09. The second-order valence-electron chi connectivity index (χ2n) is 5.63. The third kappa shape index (κ3) is 4.47. The number of anilines is 1. The lowest BCUT2D eigenvalue weighted by Gasteiger charge is -2.11. The van der Waals surface area contributed by atoms with Crippen molar-refractivity contribution in [1.29, 1.82) is 0 Å². The lowest BCUT2D eigenvalue weighted by Crippen LogP contribution is -2.12. The number of aromatic nitrogens is 2. The van der Waals surface area contributed by atoms with Gasteiger partial charge in [-0.1, -0.05) is 26.0 Å². The van der Waals surface area contributed by atoms with Crippen LogP contribution in [-0.4, -0.2) is 28.4 Å². The Balaban J connectivity index is 1.98. The van der Waals surface area contributed by atoms with Crippen molar-refractivity contribution >= 4 is 16.7 Å². The maximum Gasteiger partial charge on any atom is 0.202 e. The maximum absolute atomic E-state index is 14.0. The first kappa shape index (κ1) is 15.9. The Morgan fingerprint density at radius 1 is 1.33 bits per heavy atom. The van der Waals surface area contributed by atoms with Crippen LogP contribution < -0.4 is 5.32 Å². The van der Waals surface area contributed by atoms with E-state index in [2.05, 4.69) is 28.5 Å². The molecule has 0 aliphatic rings. The topological polar surface area (TPSA) is 41.1 Å². The monoisotopic (exact) mass is 308 g/mol. The zero-order chi connectivity index (χ0) is 15.4. The number of nitrogens with zero attached hydrogens (tertiary/aromatic N) is 3. The molecule has 1 aromatic heterocycles. The molecule has 0 amide bonds. The van der Waals surface area contributed by atoms with Gasteiger partial charge in [0.2, 0.25) is 5.13 Å². The molecule has 1 N–H and O–H groups in total. The van der Waals surface area contributed by atoms with Gasteiger partial charge in [0.1, 0.15) is 11.6 Å². The van der Waals surface area contributed by atoms with Crippen LogP contribution in [-0.2, 0) is 13.1 Å². The van der Waals surface area contributed by atoms with Gasteiger partial charge in [0, 0.05) is 36.1 Å². The third-order valence-corrected chi connectivity index (χ3v) is 3.69. The summed E-state index contributed by atoms with van der Waals surface area (Å²) in [6, 6.07) is 5.36. The van der Waals surface area contributed by atoms with E-state index in [1.54, 1.807) is 6.07 Å². The van der Waals surface area contributed by atoms with Crippen LogP contribution in [0.2, 0.25) is 0 Å². The summed E-state index contributed by atoms with van der Waals surface area (Å²) in [4.78, 5) is 6.35. The smallest absolute Gasteiger partial charge is 0.202 e. The fourth-order valence-corrected chi connectivity index (χ4v) is 2.59. The lowest BCUT2D eigenvalue weighted by molar-refractivity contribution is 0.392. The van der Waals surface area contributed by atoms with E-state index in [1.165, 1.54) is 11.5 Å². The minimum atomic E-state index is -0.164. The largest absolute Gasteiger partial charge is 0.356 e. The Kier molecular flexibility index (Phi) is 5.25. The molecule has 1 aromatic carbocycles. The van der Waals surface area contributed by atoms with E-state index < -0.39 is 0 Å². The second kappa shape index (κ2) is 6.95. The summed E-state index contributed by atoms with van der Waals surface area (Å²) >= 11 is 1.34. The molecule has 0 unspecified atom stereocenters. The summed E-state index contributed by atoms with van der Waals surface area (Å²) in [5.74, 6) is 0.998. The lowest BCUT2D eigenvalue weighted by atomic mass is 10.1. The summed E-state index contributed by atoms with van der Waals surface area (Å²) in [5, 5.41) is 3.97. The predicted molar refractivity (Wildman–Crippen MR) is 85.1 cm³/mol. The standard InChI is InChI=1S/C15H21FN4S/c1-10(2)14-18-15(21-19-14)17-8-11-5-6-12(9-20(3)4)13(16)7-11/h5-7,10H,8-9H2,1-4H3,(H,17,18,19). The van der Waals surface area contributed by atoms with E-state index >= 15 is 0 Å². The second-order valence-corrected chi connectivity index (χ2v) is 6.38. The van der Waals surface area contributed by atoms with E-state index in [4.69, 9.17) is 0 Å². The quantitative estimate of drug-likeness (QED) is 0.887. The highest BCUT2D eigenvalue weighted by Crippen LogP contribution is 2.19. The van der Waals surface area contributed by atoms with Crippen LogP contribution in [0.15, 0.2) is 18.2 Å². The van der Waals surface area contributed by atoms with Gasteiger partial charge in [0.05, 0.1) is 0 Å². The van der Waals surface area contributed by atoms with Crippen LogP contribution in [0.5, 0.6) is 0 Å². The van der Waals surface area contributed by atoms with Crippen molar-refractivity contribution in [2.75, 3.05) is 19.4 Å². The van der Waals surface area contributed by atoms with Gasteiger partial charge in [-0.3, -0.25) is 0 Å². The Hall–Kier alpha value is -1.53. The first-order chi connectivity index (χ1) is 9.95. The highest BCUT2D eigenvalue weighted by atomic mass is 32.1. The van der Waals surface area contributed by atoms with Crippen LogP contribution >= 0.6 is 11.5 Å². The first-order valence-corrected chi connectivity index (χ1v) is 7.72. The van der Waals surface area contributed by atoms with E-state index in [0.29, 0.717) is 24.6 Å². The normalized spacial score (nSPS) is 11.4. The summed E-state index contributed by atoms with van der Waals surface area (Å²) in [5.41, 5.74) is 1.61. The van der Waals surface area contributed by atoms with Gasteiger partial charge in [0.15, 0.2) is 0 Å². The fraction of sp³-hybridized carbons (Fsp3) is 0.467. The number of hydrogen-bond donors (Lipinski definition) is 1. The maximum atomic E-state index is 14.0. The zero-order valence-corrected chi connectivity index (χ0v) is 13.7. The zero-order valence-electron chi connectivity index (χ0n) is 12.9. The molecule has 0 radical (unpaired) electrons. The molecule has 114 valence electrons. The van der Waals surface area contributed by atoms with Crippen molar-refractivity contribution in [2.45, 2.75) is 32.9 Å². The van der Waals surface area contributed by atoms with Crippen molar-refractivity contribution in [3.63, 3.8) is 0 Å². The van der Waals surface area contributed by atoms with E-state index in [0.717, 1.165) is 16.5 Å². The highest BCUT2D eigenvalue weighted by Gasteiger charge is 2.08. The number of nitrogens with one attached hydrogen (secondary N) is 1. The molecule has 0 aliphatic carbocycles. The average Bonchev–Trinajstić information content (AvgIpc) is 2.88. The van der Waals surface area contributed by atoms with Gasteiger partial charge in [0.25, 0.3) is 0 Å². The molecule has 4 nitrogen and oxygen atoms in total. The molecular formula is C15H21FN4S. The van der Waals surface area contributed by atoms with Crippen LogP contribution in [0, 0.1) is 5.82 Å². The predicted octanol–water partition coefficient (Wildman–Crippen LogP) is 3.47. The molecule has 0 saturated heterocycles. The van der Waals surface area contributed by atoms with Gasteiger partial charge in [-0.15, -0.1) is 0 Å². The number of hydrogen-bond acceptors (Lipinski definition) is 5. The number of halogens is 1. The SMILES string of the molecule is CC(C)c1nsc(NCc2ccc(CN(C)C)c(F)c2)n1. The van der Waals surface area contributed by atoms with Crippen LogP contribution in [0.3, 0.4) is 0 Å². The van der Waals surface area contributed by atoms with Crippen LogP contribution in [0.1, 0.15) is 36.7 Å². The number of rotatable bonds is 6. The Labute approximate surface area is 129 Å². The summed E-state index contributed by atoms with van der Waals surface area (Å²) in [6.45, 7) is 5.27. The van der Waals surface area contributed by atoms with Crippen LogP contribution in [0.4, 0.5) is 9.52 Å². The summed E-state index contributed by atoms with van der Waals surface area (Å²) in [7, 11) is 3.85. The summed E-state index contributed by atoms with van der Waals surface area (Å²) in [6.07, 6.45) is 0. The molecule has 0 bridgehead atoms. The van der Waals surface area contributed by atoms with Crippen molar-refractivity contribution < 1.29 is 4.39 Å². The van der Waals surface area contributed by atoms with Gasteiger partial charge >= 0.3 is 0 Å². The average molecular weight is 308 g/mol. The van der Waals surface area contributed by atoms with E-state index in [-0.39, 0.29) is 5.82 Å². The van der Waals surface area contributed by atoms with Gasteiger partial charge < -0.3 is 10.2 Å². The van der Waals surface area contributed by atoms with E-state index in [1.807, 2.05) is 31.1 Å². The molecule has 0 aliphatic heterocycles. The minimum Gasteiger partial charge on any atom is -0.356 e. The van der Waals surface area contributed by atoms with Crippen molar-refractivity contribution in [3.05, 3.63) is 41.0 Å². The Morgan fingerprint density at radius 2 is 2.10 bits per heavy atom. The molecular weight excluding hydrogens is 287 g/mol. The van der Waals surface area contributed by atoms with Gasteiger partial charge in [-0.25, -0.2) is 9.37 Å². The van der Waals surface area contributed by atoms with Crippen molar-refractivity contribution in [3.8, 4) is 0 Å². The minimum absolute atomic E-state index is 0.164. The van der Waals surface area contributed by atoms with Gasteiger partial charge in [-0.05, 0) is 25.7 Å². The summed E-state index contributed by atoms with van der Waals surface area (Å²) < 4.78 is 18.2. The molecule has 6 heteroatoms. The fourth-order valence-electron chi connectivity index (χ4n) is 1.89. The molecule has 0 atom stereocenters. The van der Waals surface area contributed by atoms with Crippen molar-refractivity contribution in [2.24, 2.45) is 0 Å². The molecule has 0 spiro atoms. The first-order valence-electron chi connectivity index (χ1n) is 6.95. The molecule has 2 rings (SSSR count). The Bertz CT molecular complexity index is 595. The third-order valence-electron chi connectivity index (χ3n) is 3.01. The van der Waals surface area contributed by atoms with Crippen LogP contribution in [0.25, 0.3) is 0 Å². The Morgan fingerprint density at radius 3 is 2.67 bits per heavy atom. The molecule has 0 fully saturated rings. The van der Waals surface area contributed by atoms with E-state index in [9.17, 15) is 4.39 Å². The number of benzene rings is 1. The molecule has 1 heterocycles. The van der Waals surface area contributed by atoms with Crippen molar-refractivity contribution in [1.82, 2.24) is 14.3 Å². The van der Waals surface area contributed by atoms with Gasteiger partial charge in [-0.2, -0.15) is 4.37 Å². The molecule has 21 heavy (non-hydrogen) atoms. The molecule has 0 saturated carbocycles.